The first-order valence-electron chi connectivity index (χ1n) is 9.67. The third-order valence-corrected chi connectivity index (χ3v) is 5.44. The number of aromatic nitrogens is 2. The summed E-state index contributed by atoms with van der Waals surface area (Å²) >= 11 is 11.2. The van der Waals surface area contributed by atoms with E-state index in [0.717, 1.165) is 11.1 Å². The Bertz CT molecular complexity index is 1200. The van der Waals surface area contributed by atoms with Crippen molar-refractivity contribution in [2.75, 3.05) is 0 Å². The SMILES string of the molecule is CC(=Cc1c(O)n(-c2ccc(Cl)cc2)c(=S)[nH]c1=O)Cc1ccc(C(C)(C)C)cc1. The minimum absolute atomic E-state index is 0.101. The molecule has 3 aromatic rings. The molecule has 0 spiro atoms. The van der Waals surface area contributed by atoms with Gasteiger partial charge in [0, 0.05) is 5.02 Å². The van der Waals surface area contributed by atoms with E-state index in [1.165, 1.54) is 10.1 Å². The largest absolute Gasteiger partial charge is 0.494 e. The van der Waals surface area contributed by atoms with E-state index in [9.17, 15) is 9.90 Å². The number of aromatic hydroxyl groups is 1. The van der Waals surface area contributed by atoms with Gasteiger partial charge in [-0.25, -0.2) is 0 Å². The smallest absolute Gasteiger partial charge is 0.262 e. The zero-order chi connectivity index (χ0) is 22.1. The summed E-state index contributed by atoms with van der Waals surface area (Å²) in [4.78, 5) is 15.1. The molecule has 0 aliphatic rings. The molecule has 0 aliphatic carbocycles. The lowest BCUT2D eigenvalue weighted by Crippen LogP contribution is -2.16. The second-order valence-corrected chi connectivity index (χ2v) is 9.25. The first kappa shape index (κ1) is 22.1. The predicted molar refractivity (Wildman–Crippen MR) is 126 cm³/mol. The Hall–Kier alpha value is -2.63. The molecule has 0 fully saturated rings. The second kappa shape index (κ2) is 8.62. The predicted octanol–water partition coefficient (Wildman–Crippen LogP) is 6.20. The van der Waals surface area contributed by atoms with Crippen molar-refractivity contribution in [1.29, 1.82) is 0 Å². The van der Waals surface area contributed by atoms with Crippen molar-refractivity contribution in [1.82, 2.24) is 9.55 Å². The molecule has 30 heavy (non-hydrogen) atoms. The highest BCUT2D eigenvalue weighted by Crippen LogP contribution is 2.25. The van der Waals surface area contributed by atoms with E-state index in [1.807, 2.05) is 6.92 Å². The van der Waals surface area contributed by atoms with E-state index in [4.69, 9.17) is 23.8 Å². The zero-order valence-electron chi connectivity index (χ0n) is 17.5. The number of allylic oxidation sites excluding steroid dienone is 1. The Kier molecular flexibility index (Phi) is 6.34. The lowest BCUT2D eigenvalue weighted by molar-refractivity contribution is 0.432. The molecular weight excluding hydrogens is 416 g/mol. The highest BCUT2D eigenvalue weighted by Gasteiger charge is 2.14. The summed E-state index contributed by atoms with van der Waals surface area (Å²) < 4.78 is 1.54. The van der Waals surface area contributed by atoms with E-state index in [1.54, 1.807) is 30.3 Å². The molecule has 0 saturated carbocycles. The topological polar surface area (TPSA) is 58.0 Å². The number of nitrogens with zero attached hydrogens (tertiary/aromatic N) is 1. The molecule has 2 N–H and O–H groups in total. The van der Waals surface area contributed by atoms with Gasteiger partial charge >= 0.3 is 0 Å². The van der Waals surface area contributed by atoms with Crippen LogP contribution in [0, 0.1) is 4.77 Å². The van der Waals surface area contributed by atoms with Gasteiger partial charge in [-0.15, -0.1) is 0 Å². The number of H-pyrrole nitrogens is 1. The molecule has 0 radical (unpaired) electrons. The van der Waals surface area contributed by atoms with Crippen LogP contribution in [-0.4, -0.2) is 14.7 Å². The molecule has 1 aromatic heterocycles. The van der Waals surface area contributed by atoms with Crippen molar-refractivity contribution in [2.45, 2.75) is 39.5 Å². The van der Waals surface area contributed by atoms with Crippen LogP contribution in [-0.2, 0) is 11.8 Å². The summed E-state index contributed by atoms with van der Waals surface area (Å²) in [5.74, 6) is -0.200. The first-order valence-corrected chi connectivity index (χ1v) is 10.5. The summed E-state index contributed by atoms with van der Waals surface area (Å²) in [6, 6.07) is 15.3. The maximum Gasteiger partial charge on any atom is 0.262 e. The van der Waals surface area contributed by atoms with Crippen LogP contribution in [0.5, 0.6) is 5.88 Å². The fourth-order valence-corrected chi connectivity index (χ4v) is 3.65. The average molecular weight is 441 g/mol. The van der Waals surface area contributed by atoms with Crippen molar-refractivity contribution in [3.63, 3.8) is 0 Å². The standard InChI is InChI=1S/C24H25ClN2O2S/c1-15(13-16-5-7-17(8-6-16)24(2,3)4)14-20-21(28)26-23(30)27(22(20)29)19-11-9-18(25)10-12-19/h5-12,14,29H,13H2,1-4H3,(H,26,28,30). The van der Waals surface area contributed by atoms with Gasteiger partial charge in [-0.3, -0.25) is 14.3 Å². The van der Waals surface area contributed by atoms with Gasteiger partial charge in [0.2, 0.25) is 5.88 Å². The zero-order valence-corrected chi connectivity index (χ0v) is 19.1. The van der Waals surface area contributed by atoms with Crippen molar-refractivity contribution < 1.29 is 5.11 Å². The van der Waals surface area contributed by atoms with Crippen molar-refractivity contribution >= 4 is 29.9 Å². The number of halogens is 1. The minimum atomic E-state index is -0.426. The lowest BCUT2D eigenvalue weighted by Gasteiger charge is -2.19. The fraction of sp³-hybridized carbons (Fsp3) is 0.250. The van der Waals surface area contributed by atoms with Gasteiger partial charge in [-0.1, -0.05) is 62.2 Å². The Morgan fingerprint density at radius 1 is 1.13 bits per heavy atom. The molecule has 1 heterocycles. The van der Waals surface area contributed by atoms with Crippen LogP contribution in [0.1, 0.15) is 44.4 Å². The van der Waals surface area contributed by atoms with Crippen LogP contribution in [0.25, 0.3) is 11.8 Å². The normalized spacial score (nSPS) is 12.2. The number of benzene rings is 2. The number of aromatic amines is 1. The van der Waals surface area contributed by atoms with Gasteiger partial charge < -0.3 is 5.11 Å². The molecule has 0 aliphatic heterocycles. The number of rotatable bonds is 4. The van der Waals surface area contributed by atoms with Gasteiger partial charge in [0.05, 0.1) is 5.69 Å². The van der Waals surface area contributed by atoms with E-state index in [2.05, 4.69) is 50.0 Å². The van der Waals surface area contributed by atoms with Crippen LogP contribution in [0.4, 0.5) is 0 Å². The molecule has 0 saturated heterocycles. The summed E-state index contributed by atoms with van der Waals surface area (Å²) in [6.45, 7) is 8.48. The van der Waals surface area contributed by atoms with Gasteiger partial charge in [0.15, 0.2) is 4.77 Å². The maximum atomic E-state index is 12.5. The Morgan fingerprint density at radius 3 is 2.30 bits per heavy atom. The van der Waals surface area contributed by atoms with Crippen LogP contribution in [0.2, 0.25) is 5.02 Å². The Balaban J connectivity index is 1.96. The molecule has 0 bridgehead atoms. The van der Waals surface area contributed by atoms with E-state index in [-0.39, 0.29) is 21.6 Å². The average Bonchev–Trinajstić information content (AvgIpc) is 2.66. The van der Waals surface area contributed by atoms with Gasteiger partial charge in [-0.05, 0) is 72.4 Å². The highest BCUT2D eigenvalue weighted by molar-refractivity contribution is 7.71. The van der Waals surface area contributed by atoms with Gasteiger partial charge in [0.25, 0.3) is 5.56 Å². The summed E-state index contributed by atoms with van der Waals surface area (Å²) in [5.41, 5.74) is 3.81. The van der Waals surface area contributed by atoms with Crippen LogP contribution in [0.3, 0.4) is 0 Å². The third kappa shape index (κ3) is 4.91. The number of nitrogens with one attached hydrogen (secondary N) is 1. The number of hydrogen-bond acceptors (Lipinski definition) is 3. The van der Waals surface area contributed by atoms with Crippen LogP contribution < -0.4 is 5.56 Å². The molecular formula is C24H25ClN2O2S. The fourth-order valence-electron chi connectivity index (χ4n) is 3.24. The Morgan fingerprint density at radius 2 is 1.73 bits per heavy atom. The van der Waals surface area contributed by atoms with Gasteiger partial charge in [-0.2, -0.15) is 0 Å². The maximum absolute atomic E-state index is 12.5. The minimum Gasteiger partial charge on any atom is -0.494 e. The summed E-state index contributed by atoms with van der Waals surface area (Å²) in [6.07, 6.45) is 2.37. The molecule has 0 amide bonds. The molecule has 4 nitrogen and oxygen atoms in total. The molecule has 0 atom stereocenters. The van der Waals surface area contributed by atoms with Crippen molar-refractivity contribution in [3.05, 3.63) is 90.9 Å². The highest BCUT2D eigenvalue weighted by atomic mass is 35.5. The molecule has 6 heteroatoms. The van der Waals surface area contributed by atoms with Crippen LogP contribution >= 0.6 is 23.8 Å². The summed E-state index contributed by atoms with van der Waals surface area (Å²) in [7, 11) is 0. The molecule has 156 valence electrons. The quantitative estimate of drug-likeness (QED) is 0.475. The summed E-state index contributed by atoms with van der Waals surface area (Å²) in [5, 5.41) is 11.4. The Labute approximate surface area is 186 Å². The van der Waals surface area contributed by atoms with Gasteiger partial charge in [0.1, 0.15) is 5.56 Å². The van der Waals surface area contributed by atoms with Crippen molar-refractivity contribution in [3.8, 4) is 11.6 Å². The van der Waals surface area contributed by atoms with E-state index < -0.39 is 5.56 Å². The lowest BCUT2D eigenvalue weighted by atomic mass is 9.86. The first-order chi connectivity index (χ1) is 14.1. The van der Waals surface area contributed by atoms with Crippen molar-refractivity contribution in [2.24, 2.45) is 0 Å². The van der Waals surface area contributed by atoms with E-state index in [0.29, 0.717) is 17.1 Å². The molecule has 3 rings (SSSR count). The molecule has 2 aromatic carbocycles. The number of hydrogen-bond donors (Lipinski definition) is 2. The van der Waals surface area contributed by atoms with E-state index >= 15 is 0 Å². The second-order valence-electron chi connectivity index (χ2n) is 8.42. The molecule has 0 unspecified atom stereocenters. The van der Waals surface area contributed by atoms with Crippen LogP contribution in [0.15, 0.2) is 58.9 Å². The monoisotopic (exact) mass is 440 g/mol. The third-order valence-electron chi connectivity index (χ3n) is 4.90.